The Morgan fingerprint density at radius 3 is 1.83 bits per heavy atom. The molecule has 0 unspecified atom stereocenters. The molecule has 0 radical (unpaired) electrons. The first-order valence-corrected chi connectivity index (χ1v) is 20.6. The fourth-order valence-corrected chi connectivity index (χ4v) is 7.94. The second-order valence-corrected chi connectivity index (χ2v) is 14.7. The second-order valence-electron chi connectivity index (χ2n) is 12.3. The molecule has 0 aliphatic carbocycles. The van der Waals surface area contributed by atoms with Gasteiger partial charge in [-0.15, -0.1) is 0 Å². The maximum Gasteiger partial charge on any atom is 0.307 e. The quantitative estimate of drug-likeness (QED) is 0.166. The first-order chi connectivity index (χ1) is 26.5. The summed E-state index contributed by atoms with van der Waals surface area (Å²) < 4.78 is 16.6. The number of rotatable bonds is 7. The minimum absolute atomic E-state index is 0.129. The monoisotopic (exact) mass is 781 g/mol. The van der Waals surface area contributed by atoms with E-state index in [1.165, 1.54) is 22.6 Å². The zero-order valence-corrected chi connectivity index (χ0v) is 32.3. The summed E-state index contributed by atoms with van der Waals surface area (Å²) in [6.07, 6.45) is 1.71. The fraction of sp³-hybridized carbons (Fsp3) is 0.238. The first kappa shape index (κ1) is 38.4. The van der Waals surface area contributed by atoms with Crippen molar-refractivity contribution in [2.24, 2.45) is 0 Å². The summed E-state index contributed by atoms with van der Waals surface area (Å²) in [5, 5.41) is 23.6. The summed E-state index contributed by atoms with van der Waals surface area (Å²) in [6, 6.07) is 30.0. The van der Waals surface area contributed by atoms with Crippen LogP contribution in [0.1, 0.15) is 16.7 Å². The van der Waals surface area contributed by atoms with Crippen LogP contribution >= 0.6 is 34.0 Å². The Hall–Kier alpha value is -5.30. The molecule has 1 amide bonds. The molecule has 0 bridgehead atoms. The number of aliphatic carboxylic acids is 1. The molecule has 3 aliphatic heterocycles. The summed E-state index contributed by atoms with van der Waals surface area (Å²) in [6.45, 7) is 5.72. The number of thiophene rings is 3. The molecule has 12 heteroatoms. The van der Waals surface area contributed by atoms with Crippen molar-refractivity contribution in [2.75, 3.05) is 61.1 Å². The Balaban J connectivity index is 0.000000128. The molecule has 280 valence electrons. The maximum atomic E-state index is 12.3. The number of hydrogen-bond donors (Lipinski definition) is 2. The Morgan fingerprint density at radius 2 is 1.19 bits per heavy atom. The maximum absolute atomic E-state index is 12.3. The number of hydrogen-bond acceptors (Lipinski definition) is 10. The highest BCUT2D eigenvalue weighted by atomic mass is 32.1. The van der Waals surface area contributed by atoms with Crippen LogP contribution in [0.25, 0.3) is 0 Å². The molecule has 0 atom stereocenters. The topological polar surface area (TPSA) is 101 Å². The van der Waals surface area contributed by atoms with Gasteiger partial charge in [-0.05, 0) is 110 Å². The van der Waals surface area contributed by atoms with Gasteiger partial charge >= 0.3 is 5.97 Å². The van der Waals surface area contributed by atoms with Gasteiger partial charge < -0.3 is 34.4 Å². The Bertz CT molecular complexity index is 1990. The van der Waals surface area contributed by atoms with E-state index in [-0.39, 0.29) is 12.3 Å². The number of nitrogens with zero attached hydrogens (tertiary/aromatic N) is 2. The number of fused-ring (bicyclic) bond motifs is 3. The average Bonchev–Trinajstić information content (AvgIpc) is 4.04. The van der Waals surface area contributed by atoms with Gasteiger partial charge in [-0.25, -0.2) is 0 Å². The summed E-state index contributed by atoms with van der Waals surface area (Å²) in [5.41, 5.74) is 6.60. The number of carbonyl (C=O) groups is 2. The van der Waals surface area contributed by atoms with Crippen molar-refractivity contribution >= 4 is 62.9 Å². The van der Waals surface area contributed by atoms with Gasteiger partial charge in [-0.2, -0.15) is 34.0 Å². The Morgan fingerprint density at radius 1 is 0.630 bits per heavy atom. The number of benzene rings is 3. The van der Waals surface area contributed by atoms with Crippen molar-refractivity contribution < 1.29 is 28.9 Å². The van der Waals surface area contributed by atoms with Crippen LogP contribution in [-0.2, 0) is 28.9 Å². The molecule has 54 heavy (non-hydrogen) atoms. The smallest absolute Gasteiger partial charge is 0.307 e. The number of carbonyl (C=O) groups excluding carboxylic acids is 1. The number of ether oxygens (including phenoxy) is 3. The molecule has 9 rings (SSSR count). The van der Waals surface area contributed by atoms with E-state index >= 15 is 0 Å². The standard InChI is InChI=1S/C14H13NO2S.C14H15NOS.C8H9NO.C6H6O2S/c16-14(9-11-5-8-18-10-11)15-6-7-17-13-4-2-1-3-12(13)15;1-2-4-14-13(3-1)15(8-9-16-14)7-5-12-6-10-17-11-12;1-2-4-8-7(3-1)9-5-6-10-8;7-6(8)3-5-1-2-9-4-5/h1-5,8,10H,6-7,9H2;1-4,6,10-11H,5,7-9H2;1-4,9H,5-6H2;1-2,4H,3H2,(H,7,8). The fourth-order valence-electron chi connectivity index (χ4n) is 5.90. The van der Waals surface area contributed by atoms with Crippen molar-refractivity contribution in [3.05, 3.63) is 140 Å². The van der Waals surface area contributed by atoms with E-state index in [0.717, 1.165) is 79.0 Å². The van der Waals surface area contributed by atoms with Crippen molar-refractivity contribution in [1.29, 1.82) is 0 Å². The van der Waals surface area contributed by atoms with Crippen LogP contribution < -0.4 is 29.3 Å². The number of amides is 1. The van der Waals surface area contributed by atoms with Gasteiger partial charge in [0.05, 0.1) is 43.0 Å². The van der Waals surface area contributed by atoms with Crippen LogP contribution in [0.2, 0.25) is 0 Å². The third-order valence-electron chi connectivity index (χ3n) is 8.54. The number of carboxylic acids is 1. The van der Waals surface area contributed by atoms with Crippen molar-refractivity contribution in [3.8, 4) is 17.2 Å². The normalized spacial score (nSPS) is 13.4. The van der Waals surface area contributed by atoms with Gasteiger partial charge in [-0.3, -0.25) is 9.59 Å². The van der Waals surface area contributed by atoms with E-state index in [9.17, 15) is 9.59 Å². The third-order valence-corrected chi connectivity index (χ3v) is 10.7. The molecule has 0 saturated carbocycles. The lowest BCUT2D eigenvalue weighted by Crippen LogP contribution is -2.38. The largest absolute Gasteiger partial charge is 0.490 e. The number of para-hydroxylation sites is 6. The zero-order valence-electron chi connectivity index (χ0n) is 29.8. The van der Waals surface area contributed by atoms with Crippen LogP contribution in [0.4, 0.5) is 17.1 Å². The molecule has 3 aromatic carbocycles. The van der Waals surface area contributed by atoms with Crippen LogP contribution in [-0.4, -0.2) is 63.0 Å². The van der Waals surface area contributed by atoms with Crippen molar-refractivity contribution in [1.82, 2.24) is 0 Å². The van der Waals surface area contributed by atoms with E-state index in [0.29, 0.717) is 19.6 Å². The Kier molecular flexibility index (Phi) is 14.4. The molecule has 0 fully saturated rings. The van der Waals surface area contributed by atoms with Crippen LogP contribution in [0.5, 0.6) is 17.2 Å². The number of nitrogens with one attached hydrogen (secondary N) is 1. The third kappa shape index (κ3) is 11.3. The van der Waals surface area contributed by atoms with Crippen molar-refractivity contribution in [3.63, 3.8) is 0 Å². The van der Waals surface area contributed by atoms with E-state index < -0.39 is 5.97 Å². The highest BCUT2D eigenvalue weighted by Crippen LogP contribution is 2.32. The van der Waals surface area contributed by atoms with Gasteiger partial charge in [0.1, 0.15) is 37.1 Å². The lowest BCUT2D eigenvalue weighted by Gasteiger charge is -2.31. The van der Waals surface area contributed by atoms with Gasteiger partial charge in [0, 0.05) is 13.1 Å². The zero-order chi connectivity index (χ0) is 37.4. The highest BCUT2D eigenvalue weighted by Gasteiger charge is 2.23. The summed E-state index contributed by atoms with van der Waals surface area (Å²) >= 11 is 4.91. The molecule has 6 aromatic rings. The minimum Gasteiger partial charge on any atom is -0.490 e. The molecule has 3 aromatic heterocycles. The van der Waals surface area contributed by atoms with Gasteiger partial charge in [0.25, 0.3) is 0 Å². The Labute approximate surface area is 328 Å². The molecular formula is C42H43N3O6S3. The second kappa shape index (κ2) is 20.2. The lowest BCUT2D eigenvalue weighted by atomic mass is 10.2. The number of anilines is 3. The minimum atomic E-state index is -0.770. The molecule has 0 saturated heterocycles. The summed E-state index contributed by atoms with van der Waals surface area (Å²) in [5.74, 6) is 2.14. The SMILES string of the molecule is O=C(Cc1ccsc1)N1CCOc2ccccc21.O=C(O)Cc1ccsc1.c1ccc2c(c1)NCCO2.c1ccc2c(c1)OCCN2CCc1ccsc1. The van der Waals surface area contributed by atoms with Gasteiger partial charge in [0.2, 0.25) is 5.91 Å². The van der Waals surface area contributed by atoms with Crippen LogP contribution in [0, 0.1) is 0 Å². The van der Waals surface area contributed by atoms with E-state index in [2.05, 4.69) is 39.2 Å². The molecule has 6 heterocycles. The predicted octanol–water partition coefficient (Wildman–Crippen LogP) is 8.77. The van der Waals surface area contributed by atoms with E-state index in [4.69, 9.17) is 19.3 Å². The predicted molar refractivity (Wildman–Crippen MR) is 221 cm³/mol. The van der Waals surface area contributed by atoms with Gasteiger partial charge in [-0.1, -0.05) is 36.4 Å². The molecule has 0 spiro atoms. The molecule has 3 aliphatic rings. The van der Waals surface area contributed by atoms with Crippen LogP contribution in [0.15, 0.2) is 123 Å². The lowest BCUT2D eigenvalue weighted by molar-refractivity contribution is -0.136. The molecule has 2 N–H and O–H groups in total. The summed E-state index contributed by atoms with van der Waals surface area (Å²) in [4.78, 5) is 26.6. The molecular weight excluding hydrogens is 739 g/mol. The molecule has 9 nitrogen and oxygen atoms in total. The van der Waals surface area contributed by atoms with Gasteiger partial charge in [0.15, 0.2) is 0 Å². The van der Waals surface area contributed by atoms with Crippen molar-refractivity contribution in [2.45, 2.75) is 19.3 Å². The van der Waals surface area contributed by atoms with E-state index in [1.54, 1.807) is 22.7 Å². The number of carboxylic acid groups (broad SMARTS) is 1. The van der Waals surface area contributed by atoms with Crippen LogP contribution in [0.3, 0.4) is 0 Å². The highest BCUT2D eigenvalue weighted by molar-refractivity contribution is 7.08. The summed E-state index contributed by atoms with van der Waals surface area (Å²) in [7, 11) is 0. The van der Waals surface area contributed by atoms with E-state index in [1.807, 2.05) is 99.2 Å². The average molecular weight is 782 g/mol. The first-order valence-electron chi connectivity index (χ1n) is 17.7.